The van der Waals surface area contributed by atoms with E-state index in [2.05, 4.69) is 5.32 Å². The van der Waals surface area contributed by atoms with E-state index in [1.165, 1.54) is 19.2 Å². The topological polar surface area (TPSA) is 83.8 Å². The number of rotatable bonds is 3. The van der Waals surface area contributed by atoms with Gasteiger partial charge in [-0.1, -0.05) is 0 Å². The Kier molecular flexibility index (Phi) is 7.77. The minimum atomic E-state index is -1.19. The van der Waals surface area contributed by atoms with E-state index in [-0.39, 0.29) is 41.4 Å². The molecular formula is C13H14ClF3IN3O. The minimum absolute atomic E-state index is 0. The number of benzene rings is 2. The number of nitrogens with one attached hydrogen (secondary N) is 1. The van der Waals surface area contributed by atoms with Crippen LogP contribution in [0, 0.1) is 21.0 Å². The molecule has 0 aliphatic rings. The lowest BCUT2D eigenvalue weighted by molar-refractivity contribution is -0.00000624. The van der Waals surface area contributed by atoms with Crippen LogP contribution in [0.5, 0.6) is 5.75 Å². The van der Waals surface area contributed by atoms with Gasteiger partial charge >= 0.3 is 0 Å². The van der Waals surface area contributed by atoms with E-state index in [0.717, 1.165) is 6.07 Å². The second-order valence-corrected chi connectivity index (χ2v) is 5.16. The van der Waals surface area contributed by atoms with Gasteiger partial charge < -0.3 is 34.3 Å². The first kappa shape index (κ1) is 20.6. The van der Waals surface area contributed by atoms with Gasteiger partial charge in [-0.25, -0.2) is 13.2 Å². The van der Waals surface area contributed by atoms with Crippen LogP contribution in [0.3, 0.4) is 0 Å². The minimum Gasteiger partial charge on any atom is -1.00 e. The molecule has 4 nitrogen and oxygen atoms in total. The second-order valence-electron chi connectivity index (χ2n) is 3.91. The van der Waals surface area contributed by atoms with Gasteiger partial charge in [-0.05, 0) is 40.8 Å². The van der Waals surface area contributed by atoms with Gasteiger partial charge in [0.05, 0.1) is 12.8 Å². The number of methoxy groups -OCH3 is 1. The zero-order chi connectivity index (χ0) is 14.9. The molecule has 7 N–H and O–H groups in total. The SMILES string of the molecule is COc1cc(F)c(F)c(Nc2ccc(I)cc2F)c1N.[Cl-].[NH4+]. The van der Waals surface area contributed by atoms with Crippen LogP contribution in [0.25, 0.3) is 0 Å². The molecule has 0 heterocycles. The van der Waals surface area contributed by atoms with E-state index >= 15 is 0 Å². The van der Waals surface area contributed by atoms with Gasteiger partial charge in [0, 0.05) is 9.64 Å². The largest absolute Gasteiger partial charge is 1.00 e. The van der Waals surface area contributed by atoms with Crippen LogP contribution in [-0.2, 0) is 0 Å². The molecule has 0 bridgehead atoms. The highest BCUT2D eigenvalue weighted by molar-refractivity contribution is 14.1. The highest BCUT2D eigenvalue weighted by atomic mass is 127. The normalized spacial score (nSPS) is 9.50. The Labute approximate surface area is 145 Å². The van der Waals surface area contributed by atoms with E-state index in [1.54, 1.807) is 6.07 Å². The van der Waals surface area contributed by atoms with Crippen LogP contribution in [0.15, 0.2) is 24.3 Å². The summed E-state index contributed by atoms with van der Waals surface area (Å²) in [6, 6.07) is 5.12. The Hall–Kier alpha value is -1.39. The van der Waals surface area contributed by atoms with E-state index in [9.17, 15) is 13.2 Å². The fraction of sp³-hybridized carbons (Fsp3) is 0.0769. The molecule has 0 atom stereocenters. The van der Waals surface area contributed by atoms with Gasteiger partial charge in [0.2, 0.25) is 0 Å². The highest BCUT2D eigenvalue weighted by Crippen LogP contribution is 2.36. The van der Waals surface area contributed by atoms with Crippen molar-refractivity contribution >= 4 is 39.7 Å². The summed E-state index contributed by atoms with van der Waals surface area (Å²) in [5.41, 5.74) is 5.17. The predicted octanol–water partition coefficient (Wildman–Crippen LogP) is 1.42. The van der Waals surface area contributed by atoms with Crippen LogP contribution in [0.4, 0.5) is 30.2 Å². The summed E-state index contributed by atoms with van der Waals surface area (Å²) in [7, 11) is 1.28. The lowest BCUT2D eigenvalue weighted by atomic mass is 10.2. The molecule has 0 amide bonds. The summed E-state index contributed by atoms with van der Waals surface area (Å²) in [4.78, 5) is 0. The van der Waals surface area contributed by atoms with E-state index < -0.39 is 17.5 Å². The Morgan fingerprint density at radius 3 is 2.32 bits per heavy atom. The summed E-state index contributed by atoms with van der Waals surface area (Å²) in [6.45, 7) is 0. The summed E-state index contributed by atoms with van der Waals surface area (Å²) >= 11 is 1.94. The Balaban J connectivity index is 0.00000220. The van der Waals surface area contributed by atoms with Crippen LogP contribution >= 0.6 is 22.6 Å². The molecule has 0 saturated carbocycles. The Morgan fingerprint density at radius 1 is 1.14 bits per heavy atom. The molecule has 0 fully saturated rings. The summed E-state index contributed by atoms with van der Waals surface area (Å²) in [6.07, 6.45) is 0. The maximum atomic E-state index is 13.8. The van der Waals surface area contributed by atoms with Crippen molar-refractivity contribution < 1.29 is 30.3 Å². The first-order valence-corrected chi connectivity index (χ1v) is 6.55. The molecule has 0 radical (unpaired) electrons. The maximum absolute atomic E-state index is 13.8. The fourth-order valence-electron chi connectivity index (χ4n) is 1.63. The Morgan fingerprint density at radius 2 is 1.77 bits per heavy atom. The predicted molar refractivity (Wildman–Crippen MR) is 85.7 cm³/mol. The molecule has 0 aliphatic heterocycles. The fourth-order valence-corrected chi connectivity index (χ4v) is 2.09. The number of quaternary nitrogens is 1. The van der Waals surface area contributed by atoms with Crippen molar-refractivity contribution in [3.63, 3.8) is 0 Å². The molecule has 0 saturated heterocycles. The Bertz CT molecular complexity index is 673. The van der Waals surface area contributed by atoms with Crippen molar-refractivity contribution in [2.45, 2.75) is 0 Å². The number of hydrogen-bond donors (Lipinski definition) is 3. The number of halogens is 5. The molecule has 9 heteroatoms. The van der Waals surface area contributed by atoms with Gasteiger partial charge in [-0.3, -0.25) is 0 Å². The van der Waals surface area contributed by atoms with Crippen LogP contribution in [0.1, 0.15) is 0 Å². The van der Waals surface area contributed by atoms with Crippen molar-refractivity contribution in [2.75, 3.05) is 18.2 Å². The first-order chi connectivity index (χ1) is 9.43. The molecule has 2 aromatic rings. The molecule has 0 unspecified atom stereocenters. The van der Waals surface area contributed by atoms with Crippen molar-refractivity contribution in [1.82, 2.24) is 6.15 Å². The maximum Gasteiger partial charge on any atom is 0.184 e. The smallest absolute Gasteiger partial charge is 0.184 e. The molecule has 2 aromatic carbocycles. The quantitative estimate of drug-likeness (QED) is 0.492. The molecule has 122 valence electrons. The van der Waals surface area contributed by atoms with Crippen LogP contribution in [-0.4, -0.2) is 7.11 Å². The zero-order valence-electron chi connectivity index (χ0n) is 11.7. The molecule has 0 aromatic heterocycles. The third-order valence-corrected chi connectivity index (χ3v) is 3.30. The lowest BCUT2D eigenvalue weighted by Gasteiger charge is -2.14. The average molecular weight is 448 g/mol. The zero-order valence-corrected chi connectivity index (χ0v) is 14.6. The number of nitrogen functional groups attached to an aromatic ring is 1. The molecule has 2 rings (SSSR count). The van der Waals surface area contributed by atoms with E-state index in [1.807, 2.05) is 22.6 Å². The van der Waals surface area contributed by atoms with Gasteiger partial charge in [-0.2, -0.15) is 0 Å². The van der Waals surface area contributed by atoms with E-state index in [4.69, 9.17) is 10.5 Å². The number of ether oxygens (including phenoxy) is 1. The van der Waals surface area contributed by atoms with Crippen LogP contribution in [0.2, 0.25) is 0 Å². The third kappa shape index (κ3) is 4.08. The van der Waals surface area contributed by atoms with Gasteiger partial charge in [0.25, 0.3) is 0 Å². The standard InChI is InChI=1S/C13H10F3IN2O.ClH.H3N/c1-20-10-5-8(15)11(16)13(12(10)18)19-9-3-2-6(17)4-7(9)14;;/h2-5,19H,18H2,1H3;1H;1H3. The van der Waals surface area contributed by atoms with Gasteiger partial charge in [0.15, 0.2) is 11.6 Å². The summed E-state index contributed by atoms with van der Waals surface area (Å²) < 4.78 is 46.5. The second kappa shape index (κ2) is 8.30. The highest BCUT2D eigenvalue weighted by Gasteiger charge is 2.18. The first-order valence-electron chi connectivity index (χ1n) is 5.47. The van der Waals surface area contributed by atoms with Crippen LogP contribution < -0.4 is 34.3 Å². The number of nitrogens with two attached hydrogens (primary N) is 1. The van der Waals surface area contributed by atoms with Crippen molar-refractivity contribution in [3.05, 3.63) is 45.3 Å². The molecule has 22 heavy (non-hydrogen) atoms. The molecular weight excluding hydrogens is 434 g/mol. The number of anilines is 3. The van der Waals surface area contributed by atoms with E-state index in [0.29, 0.717) is 3.57 Å². The average Bonchev–Trinajstić information content (AvgIpc) is 2.41. The number of hydrogen-bond acceptors (Lipinski definition) is 3. The van der Waals surface area contributed by atoms with Crippen molar-refractivity contribution in [1.29, 1.82) is 0 Å². The molecule has 0 spiro atoms. The summed E-state index contributed by atoms with van der Waals surface area (Å²) in [5, 5.41) is 2.45. The summed E-state index contributed by atoms with van der Waals surface area (Å²) in [5.74, 6) is -2.96. The monoisotopic (exact) mass is 447 g/mol. The van der Waals surface area contributed by atoms with Crippen molar-refractivity contribution in [2.24, 2.45) is 0 Å². The van der Waals surface area contributed by atoms with Gasteiger partial charge in [0.1, 0.15) is 22.9 Å². The molecule has 0 aliphatic carbocycles. The lowest BCUT2D eigenvalue weighted by Crippen LogP contribution is -3.00. The third-order valence-electron chi connectivity index (χ3n) is 2.63. The van der Waals surface area contributed by atoms with Crippen molar-refractivity contribution in [3.8, 4) is 5.75 Å². The van der Waals surface area contributed by atoms with Gasteiger partial charge in [-0.15, -0.1) is 0 Å².